The second-order valence-electron chi connectivity index (χ2n) is 9.55. The Balaban J connectivity index is 1.55. The van der Waals surface area contributed by atoms with E-state index in [1.165, 1.54) is 68.0 Å². The number of hydrogen-bond donors (Lipinski definition) is 0. The van der Waals surface area contributed by atoms with E-state index in [0.29, 0.717) is 0 Å². The van der Waals surface area contributed by atoms with Crippen LogP contribution in [0.1, 0.15) is 53.1 Å². The molecule has 0 radical (unpaired) electrons. The molecule has 0 aliphatic heterocycles. The molecule has 4 aromatic carbocycles. The van der Waals surface area contributed by atoms with Crippen LogP contribution >= 0.6 is 0 Å². The van der Waals surface area contributed by atoms with E-state index in [1.807, 2.05) is 0 Å². The summed E-state index contributed by atoms with van der Waals surface area (Å²) >= 11 is 0. The van der Waals surface area contributed by atoms with Crippen molar-refractivity contribution in [2.24, 2.45) is 0 Å². The van der Waals surface area contributed by atoms with Crippen molar-refractivity contribution in [2.45, 2.75) is 40.2 Å². The number of fused-ring (bicyclic) bond motifs is 3. The minimum absolute atomic E-state index is 1.05. The van der Waals surface area contributed by atoms with E-state index in [1.54, 1.807) is 0 Å². The van der Waals surface area contributed by atoms with E-state index in [0.717, 1.165) is 6.54 Å². The minimum Gasteiger partial charge on any atom is -0.340 e. The average Bonchev–Trinajstić information content (AvgIpc) is 3.19. The largest absolute Gasteiger partial charge is 0.340 e. The van der Waals surface area contributed by atoms with Gasteiger partial charge in [0, 0.05) is 28.4 Å². The molecule has 0 saturated heterocycles. The first kappa shape index (κ1) is 22.9. The molecular weight excluding hydrogens is 422 g/mol. The van der Waals surface area contributed by atoms with Gasteiger partial charge in [-0.05, 0) is 66.8 Å². The van der Waals surface area contributed by atoms with Crippen molar-refractivity contribution in [3.8, 4) is 0 Å². The standard InChI is InChI=1S/C34H33N/c1-4-5-22-35-33-20-18-29(16-14-27-10-6-25(2)7-11-27)23-31(33)32-24-30(19-21-34(32)35)17-15-28-12-8-26(3)9-13-28/h6-21,23-24H,4-5,22H2,1-3H3. The zero-order chi connectivity index (χ0) is 24.2. The molecule has 0 aliphatic rings. The van der Waals surface area contributed by atoms with Crippen molar-refractivity contribution in [1.82, 2.24) is 4.57 Å². The number of nitrogens with zero attached hydrogens (tertiary/aromatic N) is 1. The molecule has 1 aromatic heterocycles. The molecule has 0 amide bonds. The maximum atomic E-state index is 2.50. The molecule has 0 aliphatic carbocycles. The molecule has 1 heterocycles. The van der Waals surface area contributed by atoms with Crippen molar-refractivity contribution < 1.29 is 0 Å². The number of unbranched alkanes of at least 4 members (excludes halogenated alkanes) is 1. The summed E-state index contributed by atoms with van der Waals surface area (Å²) in [6, 6.07) is 31.1. The second kappa shape index (κ2) is 10.2. The van der Waals surface area contributed by atoms with Gasteiger partial charge in [0.05, 0.1) is 0 Å². The van der Waals surface area contributed by atoms with Crippen LogP contribution in [0.5, 0.6) is 0 Å². The fourth-order valence-corrected chi connectivity index (χ4v) is 4.64. The molecule has 0 fully saturated rings. The third kappa shape index (κ3) is 5.15. The molecule has 0 N–H and O–H groups in total. The predicted octanol–water partition coefficient (Wildman–Crippen LogP) is 9.55. The molecule has 0 spiro atoms. The lowest BCUT2D eigenvalue weighted by Gasteiger charge is -2.06. The normalized spacial score (nSPS) is 12.0. The van der Waals surface area contributed by atoms with E-state index in [9.17, 15) is 0 Å². The Morgan fingerprint density at radius 3 is 1.37 bits per heavy atom. The Kier molecular flexibility index (Phi) is 6.68. The lowest BCUT2D eigenvalue weighted by molar-refractivity contribution is 0.665. The molecule has 0 atom stereocenters. The van der Waals surface area contributed by atoms with Crippen LogP contribution in [0.15, 0.2) is 84.9 Å². The first-order valence-electron chi connectivity index (χ1n) is 12.7. The maximum Gasteiger partial charge on any atom is 0.0491 e. The van der Waals surface area contributed by atoms with Crippen molar-refractivity contribution in [3.63, 3.8) is 0 Å². The number of benzene rings is 4. The van der Waals surface area contributed by atoms with Gasteiger partial charge in [0.2, 0.25) is 0 Å². The summed E-state index contributed by atoms with van der Waals surface area (Å²) in [6.07, 6.45) is 11.2. The topological polar surface area (TPSA) is 4.93 Å². The van der Waals surface area contributed by atoms with E-state index in [-0.39, 0.29) is 0 Å². The highest BCUT2D eigenvalue weighted by Gasteiger charge is 2.11. The molecule has 1 nitrogen and oxygen atoms in total. The lowest BCUT2D eigenvalue weighted by atomic mass is 10.0. The van der Waals surface area contributed by atoms with Crippen molar-refractivity contribution in [1.29, 1.82) is 0 Å². The van der Waals surface area contributed by atoms with Gasteiger partial charge in [-0.15, -0.1) is 0 Å². The summed E-state index contributed by atoms with van der Waals surface area (Å²) in [5, 5.41) is 2.65. The molecule has 0 bridgehead atoms. The van der Waals surface area contributed by atoms with Crippen LogP contribution in [0.2, 0.25) is 0 Å². The Hall–Kier alpha value is -3.84. The van der Waals surface area contributed by atoms with E-state index >= 15 is 0 Å². The molecule has 174 valence electrons. The van der Waals surface area contributed by atoms with Gasteiger partial charge in [-0.2, -0.15) is 0 Å². The monoisotopic (exact) mass is 455 g/mol. The Bertz CT molecular complexity index is 1400. The van der Waals surface area contributed by atoms with Crippen molar-refractivity contribution in [2.75, 3.05) is 0 Å². The second-order valence-corrected chi connectivity index (χ2v) is 9.55. The van der Waals surface area contributed by atoms with Crippen LogP contribution in [0.3, 0.4) is 0 Å². The third-order valence-electron chi connectivity index (χ3n) is 6.74. The Morgan fingerprint density at radius 2 is 0.943 bits per heavy atom. The fraction of sp³-hybridized carbons (Fsp3) is 0.176. The van der Waals surface area contributed by atoms with Gasteiger partial charge in [0.15, 0.2) is 0 Å². The molecule has 0 saturated carbocycles. The van der Waals surface area contributed by atoms with E-state index in [2.05, 4.69) is 135 Å². The summed E-state index contributed by atoms with van der Waals surface area (Å²) in [7, 11) is 0. The highest BCUT2D eigenvalue weighted by Crippen LogP contribution is 2.32. The minimum atomic E-state index is 1.05. The molecular formula is C34H33N. The first-order chi connectivity index (χ1) is 17.1. The maximum absolute atomic E-state index is 2.50. The number of hydrogen-bond acceptors (Lipinski definition) is 0. The van der Waals surface area contributed by atoms with Crippen LogP contribution < -0.4 is 0 Å². The quantitative estimate of drug-likeness (QED) is 0.215. The molecule has 35 heavy (non-hydrogen) atoms. The van der Waals surface area contributed by atoms with Crippen LogP contribution in [0, 0.1) is 13.8 Å². The first-order valence-corrected chi connectivity index (χ1v) is 12.7. The van der Waals surface area contributed by atoms with Crippen molar-refractivity contribution in [3.05, 3.63) is 118 Å². The number of aryl methyl sites for hydroxylation is 3. The molecule has 0 unspecified atom stereocenters. The SMILES string of the molecule is CCCCn1c2ccc(C=Cc3ccc(C)cc3)cc2c2cc(C=Cc3ccc(C)cc3)ccc21. The summed E-state index contributed by atoms with van der Waals surface area (Å²) in [5.74, 6) is 0. The summed E-state index contributed by atoms with van der Waals surface area (Å²) in [5.41, 5.74) is 10.1. The predicted molar refractivity (Wildman–Crippen MR) is 155 cm³/mol. The molecule has 5 aromatic rings. The highest BCUT2D eigenvalue weighted by molar-refractivity contribution is 6.09. The van der Waals surface area contributed by atoms with Gasteiger partial charge in [-0.25, -0.2) is 0 Å². The van der Waals surface area contributed by atoms with Gasteiger partial charge < -0.3 is 4.57 Å². The third-order valence-corrected chi connectivity index (χ3v) is 6.74. The summed E-state index contributed by atoms with van der Waals surface area (Å²) in [4.78, 5) is 0. The zero-order valence-electron chi connectivity index (χ0n) is 21.0. The Morgan fingerprint density at radius 1 is 0.543 bits per heavy atom. The average molecular weight is 456 g/mol. The van der Waals surface area contributed by atoms with E-state index in [4.69, 9.17) is 0 Å². The van der Waals surface area contributed by atoms with Crippen LogP contribution in [-0.4, -0.2) is 4.57 Å². The highest BCUT2D eigenvalue weighted by atomic mass is 15.0. The zero-order valence-corrected chi connectivity index (χ0v) is 21.0. The van der Waals surface area contributed by atoms with E-state index < -0.39 is 0 Å². The summed E-state index contributed by atoms with van der Waals surface area (Å²) in [6.45, 7) is 7.56. The molecule has 5 rings (SSSR count). The lowest BCUT2D eigenvalue weighted by Crippen LogP contribution is -1.96. The fourth-order valence-electron chi connectivity index (χ4n) is 4.64. The van der Waals surface area contributed by atoms with Crippen LogP contribution in [-0.2, 0) is 6.54 Å². The van der Waals surface area contributed by atoms with Gasteiger partial charge >= 0.3 is 0 Å². The number of aromatic nitrogens is 1. The Labute approximate surface area is 209 Å². The molecule has 1 heteroatoms. The van der Waals surface area contributed by atoms with Gasteiger partial charge in [-0.1, -0.05) is 109 Å². The summed E-state index contributed by atoms with van der Waals surface area (Å²) < 4.78 is 2.50. The van der Waals surface area contributed by atoms with Gasteiger partial charge in [0.25, 0.3) is 0 Å². The van der Waals surface area contributed by atoms with Crippen LogP contribution in [0.4, 0.5) is 0 Å². The van der Waals surface area contributed by atoms with Gasteiger partial charge in [-0.3, -0.25) is 0 Å². The van der Waals surface area contributed by atoms with Crippen molar-refractivity contribution >= 4 is 46.1 Å². The number of rotatable bonds is 7. The van der Waals surface area contributed by atoms with Crippen LogP contribution in [0.25, 0.3) is 46.1 Å². The van der Waals surface area contributed by atoms with Gasteiger partial charge in [0.1, 0.15) is 0 Å². The smallest absolute Gasteiger partial charge is 0.0491 e.